The Labute approximate surface area is 184 Å². The Kier molecular flexibility index (Phi) is 6.00. The zero-order chi connectivity index (χ0) is 21.8. The summed E-state index contributed by atoms with van der Waals surface area (Å²) in [6.45, 7) is 0.440. The van der Waals surface area contributed by atoms with Crippen LogP contribution in [0.25, 0.3) is 17.2 Å². The van der Waals surface area contributed by atoms with Crippen molar-refractivity contribution >= 4 is 29.5 Å². The highest BCUT2D eigenvalue weighted by atomic mass is 35.5. The number of rotatable bonds is 6. The van der Waals surface area contributed by atoms with Crippen molar-refractivity contribution in [3.05, 3.63) is 105 Å². The second-order valence-electron chi connectivity index (χ2n) is 7.07. The number of alkyl carbamates (subject to hydrolysis) is 1. The molecule has 6 nitrogen and oxygen atoms in total. The van der Waals surface area contributed by atoms with Gasteiger partial charge in [-0.15, -0.1) is 0 Å². The van der Waals surface area contributed by atoms with E-state index in [4.69, 9.17) is 16.3 Å². The summed E-state index contributed by atoms with van der Waals surface area (Å²) in [6, 6.07) is 20.5. The van der Waals surface area contributed by atoms with Gasteiger partial charge in [-0.2, -0.15) is 0 Å². The largest absolute Gasteiger partial charge is 0.449 e. The molecule has 0 spiro atoms. The van der Waals surface area contributed by atoms with Crippen LogP contribution in [0.2, 0.25) is 5.02 Å². The zero-order valence-corrected chi connectivity index (χ0v) is 17.2. The number of carbonyl (C=O) groups excluding carboxylic acids is 1. The van der Waals surface area contributed by atoms with E-state index in [1.807, 2.05) is 24.3 Å². The Bertz CT molecular complexity index is 1130. The maximum Gasteiger partial charge on any atom is 0.407 e. The number of carbonyl (C=O) groups is 1. The Balaban J connectivity index is 1.34. The number of nitrogens with zero attached hydrogens (tertiary/aromatic N) is 1. The van der Waals surface area contributed by atoms with Crippen molar-refractivity contribution < 1.29 is 14.5 Å². The zero-order valence-electron chi connectivity index (χ0n) is 16.5. The summed E-state index contributed by atoms with van der Waals surface area (Å²) in [5, 5.41) is 13.9. The number of hydrogen-bond donors (Lipinski definition) is 1. The molecule has 0 aromatic heterocycles. The third-order valence-corrected chi connectivity index (χ3v) is 5.54. The summed E-state index contributed by atoms with van der Waals surface area (Å²) < 4.78 is 5.47. The molecule has 0 bridgehead atoms. The van der Waals surface area contributed by atoms with Gasteiger partial charge in [0.1, 0.15) is 6.61 Å². The molecular weight excluding hydrogens is 416 g/mol. The Morgan fingerprint density at radius 3 is 2.35 bits per heavy atom. The lowest BCUT2D eigenvalue weighted by Crippen LogP contribution is -2.26. The molecule has 3 aromatic rings. The highest BCUT2D eigenvalue weighted by molar-refractivity contribution is 6.32. The molecule has 0 aliphatic heterocycles. The van der Waals surface area contributed by atoms with Crippen LogP contribution in [0.3, 0.4) is 0 Å². The molecule has 0 heterocycles. The summed E-state index contributed by atoms with van der Waals surface area (Å²) in [4.78, 5) is 22.6. The predicted molar refractivity (Wildman–Crippen MR) is 120 cm³/mol. The standard InChI is InChI=1S/C24H19ClN2O4/c25-23-12-11-17(27(29)30)14-16(23)6-5-13-26-24(28)31-15-22-20-9-3-1-7-18(20)19-8-2-4-10-21(19)22/h1-12,14,22H,13,15H2,(H,26,28). The lowest BCUT2D eigenvalue weighted by atomic mass is 9.98. The average molecular weight is 435 g/mol. The van der Waals surface area contributed by atoms with Crippen molar-refractivity contribution in [1.29, 1.82) is 0 Å². The van der Waals surface area contributed by atoms with E-state index in [9.17, 15) is 14.9 Å². The summed E-state index contributed by atoms with van der Waals surface area (Å²) in [7, 11) is 0. The molecule has 3 aromatic carbocycles. The van der Waals surface area contributed by atoms with Gasteiger partial charge in [-0.1, -0.05) is 72.3 Å². The quantitative estimate of drug-likeness (QED) is 0.392. The van der Waals surface area contributed by atoms with Crippen LogP contribution in [0.1, 0.15) is 22.6 Å². The van der Waals surface area contributed by atoms with Gasteiger partial charge in [-0.05, 0) is 33.9 Å². The molecule has 1 N–H and O–H groups in total. The molecule has 0 fully saturated rings. The first-order valence-corrected chi connectivity index (χ1v) is 10.1. The minimum Gasteiger partial charge on any atom is -0.449 e. The maximum atomic E-state index is 12.2. The van der Waals surface area contributed by atoms with E-state index in [2.05, 4.69) is 29.6 Å². The number of nitro groups is 1. The van der Waals surface area contributed by atoms with E-state index in [-0.39, 0.29) is 24.8 Å². The van der Waals surface area contributed by atoms with E-state index < -0.39 is 11.0 Å². The molecule has 0 radical (unpaired) electrons. The van der Waals surface area contributed by atoms with Crippen LogP contribution < -0.4 is 5.32 Å². The maximum absolute atomic E-state index is 12.2. The molecule has 7 heteroatoms. The highest BCUT2D eigenvalue weighted by Gasteiger charge is 2.28. The van der Waals surface area contributed by atoms with Crippen LogP contribution in [-0.4, -0.2) is 24.2 Å². The van der Waals surface area contributed by atoms with E-state index in [1.54, 1.807) is 12.2 Å². The number of halogens is 1. The number of hydrogen-bond acceptors (Lipinski definition) is 4. The summed E-state index contributed by atoms with van der Waals surface area (Å²) >= 11 is 6.06. The molecule has 1 aliphatic carbocycles. The van der Waals surface area contributed by atoms with Crippen LogP contribution in [0.5, 0.6) is 0 Å². The predicted octanol–water partition coefficient (Wildman–Crippen LogP) is 5.80. The monoisotopic (exact) mass is 434 g/mol. The fourth-order valence-electron chi connectivity index (χ4n) is 3.75. The lowest BCUT2D eigenvalue weighted by molar-refractivity contribution is -0.384. The van der Waals surface area contributed by atoms with Gasteiger partial charge >= 0.3 is 6.09 Å². The normalized spacial score (nSPS) is 12.4. The fourth-order valence-corrected chi connectivity index (χ4v) is 3.93. The number of benzene rings is 3. The van der Waals surface area contributed by atoms with Crippen LogP contribution >= 0.6 is 11.6 Å². The Morgan fingerprint density at radius 2 is 1.71 bits per heavy atom. The number of nitrogens with one attached hydrogen (secondary N) is 1. The number of nitro benzene ring substituents is 1. The minimum atomic E-state index is -0.531. The smallest absolute Gasteiger partial charge is 0.407 e. The van der Waals surface area contributed by atoms with Gasteiger partial charge < -0.3 is 10.1 Å². The minimum absolute atomic E-state index is 0.00244. The van der Waals surface area contributed by atoms with Crippen molar-refractivity contribution in [2.45, 2.75) is 5.92 Å². The molecule has 0 atom stereocenters. The van der Waals surface area contributed by atoms with Gasteiger partial charge in [0.25, 0.3) is 5.69 Å². The van der Waals surface area contributed by atoms with Crippen molar-refractivity contribution in [2.24, 2.45) is 0 Å². The van der Waals surface area contributed by atoms with Gasteiger partial charge in [0, 0.05) is 29.6 Å². The SMILES string of the molecule is O=C(NCC=Cc1cc([N+](=O)[O-])ccc1Cl)OCC1c2ccccc2-c2ccccc21. The topological polar surface area (TPSA) is 81.5 Å². The highest BCUT2D eigenvalue weighted by Crippen LogP contribution is 2.44. The first-order chi connectivity index (χ1) is 15.0. The van der Waals surface area contributed by atoms with Crippen molar-refractivity contribution in [3.8, 4) is 11.1 Å². The number of non-ortho nitro benzene ring substituents is 1. The van der Waals surface area contributed by atoms with Crippen LogP contribution in [-0.2, 0) is 4.74 Å². The summed E-state index contributed by atoms with van der Waals surface area (Å²) in [5.74, 6) is -0.00244. The third kappa shape index (κ3) is 4.44. The van der Waals surface area contributed by atoms with Gasteiger partial charge in [0.15, 0.2) is 0 Å². The van der Waals surface area contributed by atoms with E-state index >= 15 is 0 Å². The van der Waals surface area contributed by atoms with Gasteiger partial charge in [-0.25, -0.2) is 4.79 Å². The van der Waals surface area contributed by atoms with Crippen LogP contribution in [0.15, 0.2) is 72.8 Å². The van der Waals surface area contributed by atoms with E-state index in [1.165, 1.54) is 29.3 Å². The molecule has 1 amide bonds. The fraction of sp³-hybridized carbons (Fsp3) is 0.125. The average Bonchev–Trinajstić information content (AvgIpc) is 3.10. The third-order valence-electron chi connectivity index (χ3n) is 5.20. The summed E-state index contributed by atoms with van der Waals surface area (Å²) in [5.41, 5.74) is 5.10. The van der Waals surface area contributed by atoms with Gasteiger partial charge in [0.05, 0.1) is 4.92 Å². The van der Waals surface area contributed by atoms with Crippen LogP contribution in [0, 0.1) is 10.1 Å². The number of fused-ring (bicyclic) bond motifs is 3. The van der Waals surface area contributed by atoms with Crippen LogP contribution in [0.4, 0.5) is 10.5 Å². The molecule has 0 saturated heterocycles. The molecule has 0 saturated carbocycles. The number of ether oxygens (including phenoxy) is 1. The molecule has 1 aliphatic rings. The second kappa shape index (κ2) is 9.02. The van der Waals surface area contributed by atoms with Gasteiger partial charge in [-0.3, -0.25) is 10.1 Å². The second-order valence-corrected chi connectivity index (χ2v) is 7.48. The summed E-state index contributed by atoms with van der Waals surface area (Å²) in [6.07, 6.45) is 2.75. The molecular formula is C24H19ClN2O4. The van der Waals surface area contributed by atoms with Gasteiger partial charge in [0.2, 0.25) is 0 Å². The number of amides is 1. The molecule has 31 heavy (non-hydrogen) atoms. The Morgan fingerprint density at radius 1 is 1.06 bits per heavy atom. The molecule has 156 valence electrons. The van der Waals surface area contributed by atoms with Crippen molar-refractivity contribution in [3.63, 3.8) is 0 Å². The van der Waals surface area contributed by atoms with E-state index in [0.29, 0.717) is 10.6 Å². The Hall–Kier alpha value is -3.64. The van der Waals surface area contributed by atoms with Crippen molar-refractivity contribution in [2.75, 3.05) is 13.2 Å². The van der Waals surface area contributed by atoms with E-state index in [0.717, 1.165) is 11.1 Å². The lowest BCUT2D eigenvalue weighted by Gasteiger charge is -2.14. The first kappa shape index (κ1) is 20.6. The van der Waals surface area contributed by atoms with Crippen molar-refractivity contribution in [1.82, 2.24) is 5.32 Å². The first-order valence-electron chi connectivity index (χ1n) is 9.74. The molecule has 0 unspecified atom stereocenters. The molecule has 4 rings (SSSR count).